The average Bonchev–Trinajstić information content (AvgIpc) is 3.09. The number of carbonyl (C=O) groups excluding carboxylic acids is 3. The standard InChI is InChI=1S/C26H19BrClFN2O4S/c1-15-2-6-19(28)12-21(15)30-24(32)13-31-25(33)23(36-26(31)34)11-17-10-18(27)5-9-22(17)35-14-16-3-7-20(29)8-4-16/h2-12H,13-14H2,1H3,(H,30,32)/b23-11-. The number of ether oxygens (including phenoxy) is 1. The van der Waals surface area contributed by atoms with E-state index in [0.717, 1.165) is 32.3 Å². The minimum Gasteiger partial charge on any atom is -0.488 e. The van der Waals surface area contributed by atoms with Gasteiger partial charge in [0.15, 0.2) is 0 Å². The summed E-state index contributed by atoms with van der Waals surface area (Å²) in [5.74, 6) is -0.958. The number of amides is 3. The molecule has 0 aliphatic carbocycles. The Kier molecular flexibility index (Phi) is 8.13. The van der Waals surface area contributed by atoms with Gasteiger partial charge in [0.05, 0.1) is 4.91 Å². The molecule has 0 atom stereocenters. The highest BCUT2D eigenvalue weighted by molar-refractivity contribution is 9.10. The number of rotatable bonds is 7. The molecule has 1 fully saturated rings. The Morgan fingerprint density at radius 3 is 2.64 bits per heavy atom. The third kappa shape index (κ3) is 6.34. The molecule has 0 saturated carbocycles. The normalized spacial score (nSPS) is 14.4. The van der Waals surface area contributed by atoms with E-state index in [-0.39, 0.29) is 17.3 Å². The Balaban J connectivity index is 1.48. The molecule has 1 heterocycles. The second kappa shape index (κ2) is 11.3. The summed E-state index contributed by atoms with van der Waals surface area (Å²) >= 11 is 10.1. The highest BCUT2D eigenvalue weighted by Crippen LogP contribution is 2.35. The number of carbonyl (C=O) groups is 3. The molecule has 3 aromatic carbocycles. The van der Waals surface area contributed by atoms with Crippen molar-refractivity contribution in [2.24, 2.45) is 0 Å². The van der Waals surface area contributed by atoms with Crippen LogP contribution < -0.4 is 10.1 Å². The molecular weight excluding hydrogens is 571 g/mol. The number of anilines is 1. The molecule has 1 N–H and O–H groups in total. The molecule has 6 nitrogen and oxygen atoms in total. The molecule has 36 heavy (non-hydrogen) atoms. The first kappa shape index (κ1) is 25.9. The molecule has 10 heteroatoms. The number of thioether (sulfide) groups is 1. The van der Waals surface area contributed by atoms with Crippen LogP contribution in [0.3, 0.4) is 0 Å². The van der Waals surface area contributed by atoms with Gasteiger partial charge in [0, 0.05) is 20.7 Å². The zero-order valence-corrected chi connectivity index (χ0v) is 22.0. The highest BCUT2D eigenvalue weighted by atomic mass is 79.9. The summed E-state index contributed by atoms with van der Waals surface area (Å²) in [6.07, 6.45) is 1.55. The van der Waals surface area contributed by atoms with Gasteiger partial charge in [0.2, 0.25) is 5.91 Å². The molecule has 0 aromatic heterocycles. The van der Waals surface area contributed by atoms with Crippen molar-refractivity contribution in [1.29, 1.82) is 0 Å². The number of nitrogens with one attached hydrogen (secondary N) is 1. The summed E-state index contributed by atoms with van der Waals surface area (Å²) in [5, 5.41) is 2.59. The molecule has 0 spiro atoms. The lowest BCUT2D eigenvalue weighted by Crippen LogP contribution is -2.36. The molecular formula is C26H19BrClFN2O4S. The third-order valence-electron chi connectivity index (χ3n) is 5.22. The van der Waals surface area contributed by atoms with Crippen molar-refractivity contribution in [3.05, 3.63) is 97.6 Å². The number of hydrogen-bond acceptors (Lipinski definition) is 5. The van der Waals surface area contributed by atoms with Crippen LogP contribution in [0.4, 0.5) is 14.9 Å². The van der Waals surface area contributed by atoms with Crippen molar-refractivity contribution < 1.29 is 23.5 Å². The fourth-order valence-corrected chi connectivity index (χ4v) is 4.73. The van der Waals surface area contributed by atoms with E-state index in [9.17, 15) is 18.8 Å². The van der Waals surface area contributed by atoms with Crippen molar-refractivity contribution >= 4 is 68.1 Å². The van der Waals surface area contributed by atoms with Crippen LogP contribution in [-0.4, -0.2) is 28.5 Å². The van der Waals surface area contributed by atoms with Gasteiger partial charge in [-0.2, -0.15) is 0 Å². The molecule has 0 unspecified atom stereocenters. The van der Waals surface area contributed by atoms with E-state index in [4.69, 9.17) is 16.3 Å². The second-order valence-corrected chi connectivity index (χ2v) is 10.2. The smallest absolute Gasteiger partial charge is 0.294 e. The van der Waals surface area contributed by atoms with Gasteiger partial charge in [-0.05, 0) is 78.4 Å². The molecule has 0 bridgehead atoms. The third-order valence-corrected chi connectivity index (χ3v) is 6.85. The predicted octanol–water partition coefficient (Wildman–Crippen LogP) is 6.80. The average molecular weight is 590 g/mol. The van der Waals surface area contributed by atoms with E-state index in [1.807, 2.05) is 6.92 Å². The van der Waals surface area contributed by atoms with Gasteiger partial charge < -0.3 is 10.1 Å². The van der Waals surface area contributed by atoms with Gasteiger partial charge >= 0.3 is 0 Å². The van der Waals surface area contributed by atoms with Gasteiger partial charge in [0.25, 0.3) is 11.1 Å². The lowest BCUT2D eigenvalue weighted by atomic mass is 10.1. The van der Waals surface area contributed by atoms with E-state index in [1.54, 1.807) is 54.6 Å². The fraction of sp³-hybridized carbons (Fsp3) is 0.115. The Labute approximate surface area is 224 Å². The molecule has 1 saturated heterocycles. The fourth-order valence-electron chi connectivity index (χ4n) is 3.35. The summed E-state index contributed by atoms with van der Waals surface area (Å²) < 4.78 is 19.8. The van der Waals surface area contributed by atoms with Crippen molar-refractivity contribution in [3.63, 3.8) is 0 Å². The lowest BCUT2D eigenvalue weighted by molar-refractivity contribution is -0.127. The molecule has 1 aliphatic rings. The number of aryl methyl sites for hydroxylation is 1. The van der Waals surface area contributed by atoms with Crippen molar-refractivity contribution in [2.75, 3.05) is 11.9 Å². The summed E-state index contributed by atoms with van der Waals surface area (Å²) in [6.45, 7) is 1.57. The largest absolute Gasteiger partial charge is 0.488 e. The SMILES string of the molecule is Cc1ccc(Cl)cc1NC(=O)CN1C(=O)S/C(=C\c2cc(Br)ccc2OCc2ccc(F)cc2)C1=O. The summed E-state index contributed by atoms with van der Waals surface area (Å²) in [7, 11) is 0. The minimum absolute atomic E-state index is 0.163. The van der Waals surface area contributed by atoms with Crippen LogP contribution in [0, 0.1) is 12.7 Å². The van der Waals surface area contributed by atoms with Crippen molar-refractivity contribution in [3.8, 4) is 5.75 Å². The Morgan fingerprint density at radius 2 is 1.89 bits per heavy atom. The highest BCUT2D eigenvalue weighted by Gasteiger charge is 2.36. The maximum atomic E-state index is 13.2. The number of hydrogen-bond donors (Lipinski definition) is 1. The first-order chi connectivity index (χ1) is 17.2. The quantitative estimate of drug-likeness (QED) is 0.307. The first-order valence-electron chi connectivity index (χ1n) is 10.7. The van der Waals surface area contributed by atoms with Gasteiger partial charge in [-0.15, -0.1) is 0 Å². The minimum atomic E-state index is -0.576. The van der Waals surface area contributed by atoms with Gasteiger partial charge in [-0.25, -0.2) is 4.39 Å². The molecule has 3 aromatic rings. The first-order valence-corrected chi connectivity index (χ1v) is 12.7. The van der Waals surface area contributed by atoms with E-state index < -0.39 is 23.6 Å². The summed E-state index contributed by atoms with van der Waals surface area (Å²) in [4.78, 5) is 39.1. The van der Waals surface area contributed by atoms with Gasteiger partial charge in [-0.1, -0.05) is 45.7 Å². The topological polar surface area (TPSA) is 75.7 Å². The molecule has 3 amide bonds. The monoisotopic (exact) mass is 588 g/mol. The maximum Gasteiger partial charge on any atom is 0.294 e. The van der Waals surface area contributed by atoms with Crippen molar-refractivity contribution in [1.82, 2.24) is 4.90 Å². The van der Waals surface area contributed by atoms with E-state index in [1.165, 1.54) is 12.1 Å². The Hall–Kier alpha value is -3.14. The van der Waals surface area contributed by atoms with Crippen LogP contribution in [0.2, 0.25) is 5.02 Å². The zero-order chi connectivity index (χ0) is 25.8. The van der Waals surface area contributed by atoms with E-state index in [2.05, 4.69) is 21.2 Å². The van der Waals surface area contributed by atoms with Crippen molar-refractivity contribution in [2.45, 2.75) is 13.5 Å². The Bertz CT molecular complexity index is 1380. The van der Waals surface area contributed by atoms with Crippen LogP contribution in [0.5, 0.6) is 5.75 Å². The van der Waals surface area contributed by atoms with Gasteiger partial charge in [0.1, 0.15) is 24.7 Å². The van der Waals surface area contributed by atoms with Crippen LogP contribution in [0.25, 0.3) is 6.08 Å². The van der Waals surface area contributed by atoms with Crippen LogP contribution in [0.1, 0.15) is 16.7 Å². The maximum absolute atomic E-state index is 13.2. The summed E-state index contributed by atoms with van der Waals surface area (Å²) in [6, 6.07) is 16.3. The predicted molar refractivity (Wildman–Crippen MR) is 142 cm³/mol. The van der Waals surface area contributed by atoms with Crippen LogP contribution in [0.15, 0.2) is 70.0 Å². The molecule has 184 valence electrons. The molecule has 0 radical (unpaired) electrons. The summed E-state index contributed by atoms with van der Waals surface area (Å²) in [5.41, 5.74) is 2.64. The van der Waals surface area contributed by atoms with Gasteiger partial charge in [-0.3, -0.25) is 19.3 Å². The number of halogens is 3. The Morgan fingerprint density at radius 1 is 1.14 bits per heavy atom. The number of benzene rings is 3. The lowest BCUT2D eigenvalue weighted by Gasteiger charge is -2.14. The van der Waals surface area contributed by atoms with Crippen LogP contribution >= 0.6 is 39.3 Å². The van der Waals surface area contributed by atoms with E-state index in [0.29, 0.717) is 22.0 Å². The number of nitrogens with zero attached hydrogens (tertiary/aromatic N) is 1. The second-order valence-electron chi connectivity index (χ2n) is 7.87. The molecule has 1 aliphatic heterocycles. The van der Waals surface area contributed by atoms with E-state index >= 15 is 0 Å². The van der Waals surface area contributed by atoms with Crippen LogP contribution in [-0.2, 0) is 16.2 Å². The molecule has 4 rings (SSSR count). The number of imide groups is 1. The zero-order valence-electron chi connectivity index (χ0n) is 18.9.